The van der Waals surface area contributed by atoms with Gasteiger partial charge in [-0.05, 0) is 25.0 Å². The zero-order chi connectivity index (χ0) is 21.0. The van der Waals surface area contributed by atoms with Crippen molar-refractivity contribution in [2.45, 2.75) is 31.3 Å². The highest BCUT2D eigenvalue weighted by Gasteiger charge is 2.37. The molecule has 2 atom stereocenters. The molecular weight excluding hydrogens is 397 g/mol. The van der Waals surface area contributed by atoms with E-state index < -0.39 is 34.0 Å². The molecule has 1 aromatic carbocycles. The summed E-state index contributed by atoms with van der Waals surface area (Å²) in [6, 6.07) is 11.1. The van der Waals surface area contributed by atoms with Crippen LogP contribution in [0.3, 0.4) is 0 Å². The minimum Gasteiger partial charge on any atom is -0.453 e. The number of carbonyl (C=O) groups is 1. The monoisotopic (exact) mass is 421 g/mol. The number of rotatable bonds is 5. The molecule has 2 aromatic rings. The van der Waals surface area contributed by atoms with Gasteiger partial charge in [0.15, 0.2) is 0 Å². The van der Waals surface area contributed by atoms with Gasteiger partial charge in [0.2, 0.25) is 10.0 Å². The summed E-state index contributed by atoms with van der Waals surface area (Å²) >= 11 is 0. The van der Waals surface area contributed by atoms with Crippen molar-refractivity contribution in [3.05, 3.63) is 54.0 Å². The van der Waals surface area contributed by atoms with E-state index in [0.29, 0.717) is 25.1 Å². The predicted octanol–water partition coefficient (Wildman–Crippen LogP) is 2.58. The number of pyridine rings is 1. The molecular formula is C20H24FN3O4S. The van der Waals surface area contributed by atoms with Crippen LogP contribution in [-0.2, 0) is 21.2 Å². The summed E-state index contributed by atoms with van der Waals surface area (Å²) in [5.41, 5.74) is 1.62. The first-order valence-corrected chi connectivity index (χ1v) is 11.2. The second-order valence-electron chi connectivity index (χ2n) is 7.06. The van der Waals surface area contributed by atoms with Gasteiger partial charge in [-0.1, -0.05) is 30.3 Å². The third kappa shape index (κ3) is 5.30. The molecule has 1 N–H and O–H groups in total. The molecule has 1 aromatic heterocycles. The molecule has 1 aliphatic rings. The van der Waals surface area contributed by atoms with Crippen LogP contribution < -0.4 is 4.72 Å². The third-order valence-electron chi connectivity index (χ3n) is 4.94. The first-order valence-electron chi connectivity index (χ1n) is 9.31. The van der Waals surface area contributed by atoms with Gasteiger partial charge < -0.3 is 9.64 Å². The first kappa shape index (κ1) is 21.2. The Hall–Kier alpha value is -2.52. The highest BCUT2D eigenvalue weighted by atomic mass is 32.2. The van der Waals surface area contributed by atoms with E-state index >= 15 is 0 Å². The fourth-order valence-corrected chi connectivity index (χ4v) is 4.49. The van der Waals surface area contributed by atoms with E-state index in [2.05, 4.69) is 9.71 Å². The maximum absolute atomic E-state index is 14.6. The maximum atomic E-state index is 14.6. The van der Waals surface area contributed by atoms with Crippen molar-refractivity contribution < 1.29 is 22.3 Å². The van der Waals surface area contributed by atoms with E-state index in [1.807, 2.05) is 30.3 Å². The number of carbonyl (C=O) groups excluding carboxylic acids is 1. The van der Waals surface area contributed by atoms with Gasteiger partial charge in [-0.15, -0.1) is 0 Å². The molecule has 2 heterocycles. The molecule has 1 aliphatic heterocycles. The van der Waals surface area contributed by atoms with E-state index in [9.17, 15) is 17.6 Å². The minimum absolute atomic E-state index is 0.0643. The molecule has 29 heavy (non-hydrogen) atoms. The zero-order valence-corrected chi connectivity index (χ0v) is 17.2. The van der Waals surface area contributed by atoms with E-state index in [-0.39, 0.29) is 12.1 Å². The summed E-state index contributed by atoms with van der Waals surface area (Å²) in [7, 11) is -2.24. The quantitative estimate of drug-likeness (QED) is 0.802. The zero-order valence-electron chi connectivity index (χ0n) is 16.3. The van der Waals surface area contributed by atoms with Crippen molar-refractivity contribution in [1.29, 1.82) is 0 Å². The lowest BCUT2D eigenvalue weighted by Crippen LogP contribution is -2.57. The fourth-order valence-electron chi connectivity index (χ4n) is 3.66. The SMILES string of the molecule is COC(=O)N1CCCC(NS(C)(=O)=O)C1Cc1nc(-c2ccccc2)ccc1F. The summed E-state index contributed by atoms with van der Waals surface area (Å²) in [5, 5.41) is 0. The molecule has 1 amide bonds. The van der Waals surface area contributed by atoms with Crippen molar-refractivity contribution >= 4 is 16.1 Å². The molecule has 7 nitrogen and oxygen atoms in total. The second kappa shape index (κ2) is 8.87. The van der Waals surface area contributed by atoms with Gasteiger partial charge in [0.1, 0.15) is 5.82 Å². The second-order valence-corrected chi connectivity index (χ2v) is 8.84. The first-order chi connectivity index (χ1) is 13.8. The Balaban J connectivity index is 1.95. The maximum Gasteiger partial charge on any atom is 0.409 e. The van der Waals surface area contributed by atoms with Gasteiger partial charge in [-0.2, -0.15) is 0 Å². The number of hydrogen-bond donors (Lipinski definition) is 1. The highest BCUT2D eigenvalue weighted by molar-refractivity contribution is 7.88. The van der Waals surface area contributed by atoms with Crippen molar-refractivity contribution in [3.63, 3.8) is 0 Å². The number of halogens is 1. The molecule has 0 bridgehead atoms. The van der Waals surface area contributed by atoms with E-state index in [0.717, 1.165) is 11.8 Å². The average molecular weight is 421 g/mol. The van der Waals surface area contributed by atoms with E-state index in [4.69, 9.17) is 4.74 Å². The molecule has 0 aliphatic carbocycles. The number of hydrogen-bond acceptors (Lipinski definition) is 5. The number of nitrogens with zero attached hydrogens (tertiary/aromatic N) is 2. The van der Waals surface area contributed by atoms with Crippen LogP contribution in [0.5, 0.6) is 0 Å². The fraction of sp³-hybridized carbons (Fsp3) is 0.400. The van der Waals surface area contributed by atoms with Gasteiger partial charge in [-0.25, -0.2) is 27.3 Å². The van der Waals surface area contributed by atoms with Crippen LogP contribution in [0, 0.1) is 5.82 Å². The standard InChI is InChI=1S/C20H24FN3O4S/c1-28-20(25)24-12-6-9-17(23-29(2,26)27)19(24)13-18-15(21)10-11-16(22-18)14-7-4-3-5-8-14/h3-5,7-8,10-11,17,19,23H,6,9,12-13H2,1-2H3. The van der Waals surface area contributed by atoms with Crippen LogP contribution in [0.25, 0.3) is 11.3 Å². The Morgan fingerprint density at radius 3 is 2.66 bits per heavy atom. The van der Waals surface area contributed by atoms with Gasteiger partial charge in [0, 0.05) is 24.6 Å². The van der Waals surface area contributed by atoms with Crippen LogP contribution in [0.15, 0.2) is 42.5 Å². The van der Waals surface area contributed by atoms with Crippen LogP contribution >= 0.6 is 0 Å². The van der Waals surface area contributed by atoms with Crippen molar-refractivity contribution in [3.8, 4) is 11.3 Å². The summed E-state index contributed by atoms with van der Waals surface area (Å²) in [4.78, 5) is 18.2. The van der Waals surface area contributed by atoms with Crippen LogP contribution in [0.4, 0.5) is 9.18 Å². The van der Waals surface area contributed by atoms with Crippen LogP contribution in [0.1, 0.15) is 18.5 Å². The molecule has 2 unspecified atom stereocenters. The van der Waals surface area contributed by atoms with Crippen LogP contribution in [-0.4, -0.2) is 56.4 Å². The van der Waals surface area contributed by atoms with Crippen molar-refractivity contribution in [2.24, 2.45) is 0 Å². The number of piperidine rings is 1. The van der Waals surface area contributed by atoms with Crippen molar-refractivity contribution in [2.75, 3.05) is 19.9 Å². The third-order valence-corrected chi connectivity index (χ3v) is 5.68. The Labute approximate surface area is 169 Å². The lowest BCUT2D eigenvalue weighted by molar-refractivity contribution is 0.0786. The summed E-state index contributed by atoms with van der Waals surface area (Å²) in [6.45, 7) is 0.402. The van der Waals surface area contributed by atoms with E-state index in [1.54, 1.807) is 6.07 Å². The predicted molar refractivity (Wildman–Crippen MR) is 107 cm³/mol. The molecule has 1 fully saturated rings. The smallest absolute Gasteiger partial charge is 0.409 e. The van der Waals surface area contributed by atoms with Gasteiger partial charge >= 0.3 is 6.09 Å². The molecule has 0 spiro atoms. The lowest BCUT2D eigenvalue weighted by Gasteiger charge is -2.40. The molecule has 0 saturated carbocycles. The Kier molecular flexibility index (Phi) is 6.49. The molecule has 1 saturated heterocycles. The number of ether oxygens (including phenoxy) is 1. The number of aromatic nitrogens is 1. The number of amides is 1. The average Bonchev–Trinajstić information content (AvgIpc) is 2.69. The lowest BCUT2D eigenvalue weighted by atomic mass is 9.93. The van der Waals surface area contributed by atoms with Gasteiger partial charge in [0.25, 0.3) is 0 Å². The number of benzene rings is 1. The van der Waals surface area contributed by atoms with Gasteiger partial charge in [-0.3, -0.25) is 0 Å². The van der Waals surface area contributed by atoms with Gasteiger partial charge in [0.05, 0.1) is 30.8 Å². The summed E-state index contributed by atoms with van der Waals surface area (Å²) in [6.07, 6.45) is 1.70. The topological polar surface area (TPSA) is 88.6 Å². The largest absolute Gasteiger partial charge is 0.453 e. The minimum atomic E-state index is -3.51. The molecule has 9 heteroatoms. The highest BCUT2D eigenvalue weighted by Crippen LogP contribution is 2.25. The van der Waals surface area contributed by atoms with Crippen LogP contribution in [0.2, 0.25) is 0 Å². The molecule has 3 rings (SSSR count). The summed E-state index contributed by atoms with van der Waals surface area (Å²) in [5.74, 6) is -0.502. The Morgan fingerprint density at radius 1 is 1.28 bits per heavy atom. The number of likely N-dealkylation sites (tertiary alicyclic amines) is 1. The Morgan fingerprint density at radius 2 is 2.00 bits per heavy atom. The Bertz CT molecular complexity index is 969. The normalized spacial score (nSPS) is 19.8. The number of sulfonamides is 1. The number of methoxy groups -OCH3 is 1. The number of nitrogens with one attached hydrogen (secondary N) is 1. The van der Waals surface area contributed by atoms with E-state index in [1.165, 1.54) is 18.1 Å². The molecule has 0 radical (unpaired) electrons. The van der Waals surface area contributed by atoms with Crippen molar-refractivity contribution in [1.82, 2.24) is 14.6 Å². The summed E-state index contributed by atoms with van der Waals surface area (Å²) < 4.78 is 45.6. The molecule has 156 valence electrons.